The number of nitrogens with one attached hydrogen (secondary N) is 1. The maximum atomic E-state index is 12.9. The first-order valence-electron chi connectivity index (χ1n) is 11.2. The SMILES string of the molecule is CCn1c(=O)oc2cc(NC(=O)CN3CCN(C(C)=O)C(c4ccc(C(F)(F)F)cc4)C3)ccc21. The van der Waals surface area contributed by atoms with E-state index in [0.717, 1.165) is 12.1 Å². The minimum Gasteiger partial charge on any atom is -0.408 e. The lowest BCUT2D eigenvalue weighted by molar-refractivity contribution is -0.138. The highest BCUT2D eigenvalue weighted by atomic mass is 19.4. The number of nitrogens with zero attached hydrogens (tertiary/aromatic N) is 3. The van der Waals surface area contributed by atoms with E-state index in [1.165, 1.54) is 23.6 Å². The van der Waals surface area contributed by atoms with E-state index in [4.69, 9.17) is 4.42 Å². The number of amides is 2. The normalized spacial score (nSPS) is 17.1. The summed E-state index contributed by atoms with van der Waals surface area (Å²) in [6, 6.07) is 9.23. The molecule has 11 heteroatoms. The fraction of sp³-hybridized carbons (Fsp3) is 0.375. The molecule has 1 unspecified atom stereocenters. The summed E-state index contributed by atoms with van der Waals surface area (Å²) in [6.07, 6.45) is -4.44. The average molecular weight is 490 g/mol. The molecule has 186 valence electrons. The number of hydrogen-bond donors (Lipinski definition) is 1. The number of carbonyl (C=O) groups is 2. The van der Waals surface area contributed by atoms with Gasteiger partial charge < -0.3 is 14.6 Å². The molecule has 1 saturated heterocycles. The summed E-state index contributed by atoms with van der Waals surface area (Å²) in [5.41, 5.74) is 1.28. The van der Waals surface area contributed by atoms with Gasteiger partial charge in [0.25, 0.3) is 0 Å². The third-order valence-electron chi connectivity index (χ3n) is 6.13. The van der Waals surface area contributed by atoms with Crippen molar-refractivity contribution in [2.75, 3.05) is 31.5 Å². The lowest BCUT2D eigenvalue weighted by atomic mass is 10.0. The number of rotatable bonds is 5. The minimum atomic E-state index is -4.44. The molecule has 1 fully saturated rings. The van der Waals surface area contributed by atoms with E-state index in [1.807, 2.05) is 11.8 Å². The van der Waals surface area contributed by atoms with Crippen LogP contribution in [0.2, 0.25) is 0 Å². The number of halogens is 3. The van der Waals surface area contributed by atoms with E-state index in [0.29, 0.717) is 48.5 Å². The van der Waals surface area contributed by atoms with Gasteiger partial charge in [-0.25, -0.2) is 4.79 Å². The van der Waals surface area contributed by atoms with Crippen molar-refractivity contribution in [1.29, 1.82) is 0 Å². The lowest BCUT2D eigenvalue weighted by Crippen LogP contribution is -2.51. The molecule has 4 rings (SSSR count). The molecule has 1 atom stereocenters. The van der Waals surface area contributed by atoms with Gasteiger partial charge in [0.1, 0.15) is 0 Å². The number of benzene rings is 2. The fourth-order valence-corrected chi connectivity index (χ4v) is 4.39. The quantitative estimate of drug-likeness (QED) is 0.592. The van der Waals surface area contributed by atoms with E-state index >= 15 is 0 Å². The van der Waals surface area contributed by atoms with Crippen LogP contribution in [0, 0.1) is 0 Å². The molecule has 2 aromatic carbocycles. The van der Waals surface area contributed by atoms with Crippen LogP contribution in [0.4, 0.5) is 18.9 Å². The summed E-state index contributed by atoms with van der Waals surface area (Å²) in [5.74, 6) is -0.958. The standard InChI is InChI=1S/C24H25F3N4O4/c1-3-30-19-9-8-18(12-21(19)35-23(30)34)28-22(33)14-29-10-11-31(15(2)32)20(13-29)16-4-6-17(7-5-16)24(25,26)27/h4-9,12,20H,3,10-11,13-14H2,1-2H3,(H,28,33). The van der Waals surface area contributed by atoms with E-state index in [1.54, 1.807) is 23.1 Å². The van der Waals surface area contributed by atoms with Crippen molar-refractivity contribution in [3.63, 3.8) is 0 Å². The first kappa shape index (κ1) is 24.5. The molecule has 0 aliphatic carbocycles. The number of aryl methyl sites for hydroxylation is 1. The van der Waals surface area contributed by atoms with Crippen molar-refractivity contribution in [2.24, 2.45) is 0 Å². The second-order valence-electron chi connectivity index (χ2n) is 8.43. The summed E-state index contributed by atoms with van der Waals surface area (Å²) < 4.78 is 45.5. The predicted octanol–water partition coefficient (Wildman–Crippen LogP) is 3.48. The van der Waals surface area contributed by atoms with Crippen LogP contribution in [0.1, 0.15) is 31.0 Å². The zero-order chi connectivity index (χ0) is 25.3. The Morgan fingerprint density at radius 2 is 1.83 bits per heavy atom. The summed E-state index contributed by atoms with van der Waals surface area (Å²) in [7, 11) is 0. The number of carbonyl (C=O) groups excluding carboxylic acids is 2. The van der Waals surface area contributed by atoms with Crippen molar-refractivity contribution in [3.8, 4) is 0 Å². The van der Waals surface area contributed by atoms with Gasteiger partial charge in [-0.3, -0.25) is 19.1 Å². The van der Waals surface area contributed by atoms with Crippen molar-refractivity contribution in [3.05, 3.63) is 64.1 Å². The zero-order valence-electron chi connectivity index (χ0n) is 19.3. The Bertz CT molecular complexity index is 1300. The Hall–Kier alpha value is -3.60. The molecule has 1 aliphatic heterocycles. The van der Waals surface area contributed by atoms with Gasteiger partial charge in [0.2, 0.25) is 11.8 Å². The molecule has 1 N–H and O–H groups in total. The number of anilines is 1. The lowest BCUT2D eigenvalue weighted by Gasteiger charge is -2.41. The Kier molecular flexibility index (Phi) is 6.70. The Labute approximate surface area is 198 Å². The number of fused-ring (bicyclic) bond motifs is 1. The van der Waals surface area contributed by atoms with Crippen LogP contribution in [0.3, 0.4) is 0 Å². The van der Waals surface area contributed by atoms with E-state index < -0.39 is 23.5 Å². The van der Waals surface area contributed by atoms with Crippen LogP contribution in [0.25, 0.3) is 11.1 Å². The molecule has 35 heavy (non-hydrogen) atoms. The molecule has 2 amide bonds. The van der Waals surface area contributed by atoms with E-state index in [9.17, 15) is 27.6 Å². The highest BCUT2D eigenvalue weighted by Gasteiger charge is 2.33. The molecular formula is C24H25F3N4O4. The minimum absolute atomic E-state index is 0.0286. The van der Waals surface area contributed by atoms with E-state index in [2.05, 4.69) is 5.32 Å². The Balaban J connectivity index is 1.45. The number of piperazine rings is 1. The molecule has 0 saturated carbocycles. The summed E-state index contributed by atoms with van der Waals surface area (Å²) in [4.78, 5) is 40.2. The van der Waals surface area contributed by atoms with Gasteiger partial charge in [0.05, 0.1) is 23.7 Å². The molecule has 2 heterocycles. The number of aromatic nitrogens is 1. The van der Waals surface area contributed by atoms with Crippen LogP contribution in [0.15, 0.2) is 51.7 Å². The van der Waals surface area contributed by atoms with Gasteiger partial charge in [-0.2, -0.15) is 13.2 Å². The maximum Gasteiger partial charge on any atom is 0.419 e. The third kappa shape index (κ3) is 5.24. The fourth-order valence-electron chi connectivity index (χ4n) is 4.39. The molecule has 1 aromatic heterocycles. The second-order valence-corrected chi connectivity index (χ2v) is 8.43. The van der Waals surface area contributed by atoms with Gasteiger partial charge in [-0.05, 0) is 36.8 Å². The van der Waals surface area contributed by atoms with E-state index in [-0.39, 0.29) is 18.4 Å². The van der Waals surface area contributed by atoms with Crippen molar-refractivity contribution >= 4 is 28.6 Å². The third-order valence-corrected chi connectivity index (χ3v) is 6.13. The van der Waals surface area contributed by atoms with Gasteiger partial charge in [-0.1, -0.05) is 12.1 Å². The second kappa shape index (κ2) is 9.57. The first-order valence-corrected chi connectivity index (χ1v) is 11.2. The van der Waals surface area contributed by atoms with Crippen LogP contribution in [-0.2, 0) is 22.3 Å². The number of alkyl halides is 3. The zero-order valence-corrected chi connectivity index (χ0v) is 19.3. The number of hydrogen-bond acceptors (Lipinski definition) is 5. The Morgan fingerprint density at radius 1 is 1.11 bits per heavy atom. The van der Waals surface area contributed by atoms with Crippen LogP contribution in [-0.4, -0.2) is 52.4 Å². The highest BCUT2D eigenvalue weighted by molar-refractivity contribution is 5.94. The molecule has 0 spiro atoms. The van der Waals surface area contributed by atoms with Crippen molar-refractivity contribution < 1.29 is 27.2 Å². The summed E-state index contributed by atoms with van der Waals surface area (Å²) >= 11 is 0. The van der Waals surface area contributed by atoms with Crippen LogP contribution in [0.5, 0.6) is 0 Å². The average Bonchev–Trinajstić information content (AvgIpc) is 3.12. The maximum absolute atomic E-state index is 12.9. The van der Waals surface area contributed by atoms with Gasteiger partial charge in [0, 0.05) is 44.9 Å². The van der Waals surface area contributed by atoms with Crippen LogP contribution < -0.4 is 11.1 Å². The topological polar surface area (TPSA) is 87.8 Å². The summed E-state index contributed by atoms with van der Waals surface area (Å²) in [5, 5.41) is 2.78. The monoisotopic (exact) mass is 490 g/mol. The predicted molar refractivity (Wildman–Crippen MR) is 123 cm³/mol. The highest BCUT2D eigenvalue weighted by Crippen LogP contribution is 2.32. The van der Waals surface area contributed by atoms with Gasteiger partial charge in [-0.15, -0.1) is 0 Å². The molecular weight excluding hydrogens is 465 g/mol. The number of oxazole rings is 1. The molecule has 0 radical (unpaired) electrons. The molecule has 8 nitrogen and oxygen atoms in total. The van der Waals surface area contributed by atoms with Gasteiger partial charge >= 0.3 is 11.9 Å². The largest absolute Gasteiger partial charge is 0.419 e. The van der Waals surface area contributed by atoms with Crippen molar-refractivity contribution in [1.82, 2.24) is 14.4 Å². The molecule has 1 aliphatic rings. The van der Waals surface area contributed by atoms with Gasteiger partial charge in [0.15, 0.2) is 5.58 Å². The molecule has 0 bridgehead atoms. The smallest absolute Gasteiger partial charge is 0.408 e. The summed E-state index contributed by atoms with van der Waals surface area (Å²) in [6.45, 7) is 4.82. The Morgan fingerprint density at radius 3 is 2.46 bits per heavy atom. The first-order chi connectivity index (χ1) is 16.6. The molecule has 3 aromatic rings. The van der Waals surface area contributed by atoms with Crippen molar-refractivity contribution in [2.45, 2.75) is 32.6 Å². The van der Waals surface area contributed by atoms with Crippen LogP contribution >= 0.6 is 0 Å².